The third kappa shape index (κ3) is 4.25. The Bertz CT molecular complexity index is 1530. The van der Waals surface area contributed by atoms with Gasteiger partial charge in [-0.15, -0.1) is 0 Å². The molecule has 10 heteroatoms. The van der Waals surface area contributed by atoms with Crippen molar-refractivity contribution in [3.05, 3.63) is 46.2 Å². The number of likely N-dealkylation sites (tertiary alicyclic amines) is 1. The SMILES string of the molecule is C[C@H](Oc1cc(N2CC[C@@H](O)C2)nc(-c2noc3c2CCC[C@@]32CCc3ccc(N)c(C#N)c32)n1)[C@@H]1CCCN1C. The van der Waals surface area contributed by atoms with E-state index in [4.69, 9.17) is 25.0 Å². The normalized spacial score (nSPS) is 26.2. The molecule has 3 N–H and O–H groups in total. The minimum absolute atomic E-state index is 0.0402. The second kappa shape index (κ2) is 10.00. The largest absolute Gasteiger partial charge is 0.473 e. The van der Waals surface area contributed by atoms with E-state index in [1.54, 1.807) is 0 Å². The van der Waals surface area contributed by atoms with Crippen molar-refractivity contribution in [1.29, 1.82) is 5.26 Å². The number of aryl methyl sites for hydroxylation is 1. The van der Waals surface area contributed by atoms with Crippen LogP contribution in [0.15, 0.2) is 22.7 Å². The lowest BCUT2D eigenvalue weighted by Crippen LogP contribution is -2.38. The van der Waals surface area contributed by atoms with Gasteiger partial charge in [-0.25, -0.2) is 4.98 Å². The van der Waals surface area contributed by atoms with E-state index >= 15 is 0 Å². The smallest absolute Gasteiger partial charge is 0.219 e. The van der Waals surface area contributed by atoms with E-state index in [1.165, 1.54) is 0 Å². The van der Waals surface area contributed by atoms with Crippen LogP contribution in [0.1, 0.15) is 73.5 Å². The van der Waals surface area contributed by atoms with Crippen LogP contribution >= 0.6 is 0 Å². The van der Waals surface area contributed by atoms with E-state index in [2.05, 4.69) is 41.1 Å². The molecule has 1 spiro atoms. The van der Waals surface area contributed by atoms with Crippen molar-refractivity contribution in [3.63, 3.8) is 0 Å². The predicted octanol–water partition coefficient (Wildman–Crippen LogP) is 3.59. The van der Waals surface area contributed by atoms with Gasteiger partial charge in [0.25, 0.3) is 0 Å². The van der Waals surface area contributed by atoms with Crippen molar-refractivity contribution in [2.24, 2.45) is 0 Å². The molecule has 4 aliphatic rings. The van der Waals surface area contributed by atoms with Gasteiger partial charge in [-0.3, -0.25) is 4.90 Å². The summed E-state index contributed by atoms with van der Waals surface area (Å²) in [6.07, 6.45) is 6.88. The van der Waals surface area contributed by atoms with Crippen LogP contribution in [0.4, 0.5) is 11.5 Å². The van der Waals surface area contributed by atoms with E-state index in [-0.39, 0.29) is 12.2 Å². The van der Waals surface area contributed by atoms with Crippen LogP contribution in [0, 0.1) is 11.3 Å². The van der Waals surface area contributed by atoms with Crippen LogP contribution in [0.25, 0.3) is 11.5 Å². The highest BCUT2D eigenvalue weighted by molar-refractivity contribution is 5.68. The minimum Gasteiger partial charge on any atom is -0.473 e. The van der Waals surface area contributed by atoms with E-state index in [0.717, 1.165) is 79.8 Å². The summed E-state index contributed by atoms with van der Waals surface area (Å²) in [5.41, 5.74) is 10.7. The minimum atomic E-state index is -0.424. The molecule has 7 rings (SSSR count). The summed E-state index contributed by atoms with van der Waals surface area (Å²) in [5.74, 6) is 2.52. The number of nitrogen functional groups attached to an aromatic ring is 1. The van der Waals surface area contributed by atoms with Crippen molar-refractivity contribution in [1.82, 2.24) is 20.0 Å². The van der Waals surface area contributed by atoms with Crippen molar-refractivity contribution >= 4 is 11.5 Å². The molecule has 41 heavy (non-hydrogen) atoms. The molecule has 2 saturated heterocycles. The zero-order chi connectivity index (χ0) is 28.3. The van der Waals surface area contributed by atoms with Gasteiger partial charge in [-0.05, 0) is 89.1 Å². The van der Waals surface area contributed by atoms with Crippen LogP contribution < -0.4 is 15.4 Å². The zero-order valence-electron chi connectivity index (χ0n) is 23.8. The van der Waals surface area contributed by atoms with Gasteiger partial charge in [-0.1, -0.05) is 11.2 Å². The highest BCUT2D eigenvalue weighted by Gasteiger charge is 2.49. The molecule has 0 amide bonds. The maximum atomic E-state index is 10.2. The van der Waals surface area contributed by atoms with Gasteiger partial charge in [0.15, 0.2) is 17.3 Å². The zero-order valence-corrected chi connectivity index (χ0v) is 23.8. The van der Waals surface area contributed by atoms with Crippen molar-refractivity contribution in [3.8, 4) is 23.5 Å². The third-order valence-corrected chi connectivity index (χ3v) is 9.80. The van der Waals surface area contributed by atoms with Crippen molar-refractivity contribution < 1.29 is 14.4 Å². The van der Waals surface area contributed by atoms with E-state index in [0.29, 0.717) is 54.2 Å². The van der Waals surface area contributed by atoms with Crippen LogP contribution in [0.2, 0.25) is 0 Å². The first kappa shape index (κ1) is 26.2. The highest BCUT2D eigenvalue weighted by atomic mass is 16.5. The number of aromatic nitrogens is 3. The molecule has 1 aromatic carbocycles. The molecule has 0 saturated carbocycles. The van der Waals surface area contributed by atoms with Crippen molar-refractivity contribution in [2.45, 2.75) is 82.0 Å². The highest BCUT2D eigenvalue weighted by Crippen LogP contribution is 2.54. The number of likely N-dealkylation sites (N-methyl/N-ethyl adjacent to an activating group) is 1. The molecule has 4 atom stereocenters. The lowest BCUT2D eigenvalue weighted by molar-refractivity contribution is 0.117. The summed E-state index contributed by atoms with van der Waals surface area (Å²) in [5, 5.41) is 24.9. The number of nitrogens with two attached hydrogens (primary N) is 1. The number of aliphatic hydroxyl groups excluding tert-OH is 1. The molecular weight excluding hydrogens is 518 g/mol. The van der Waals surface area contributed by atoms with E-state index in [1.807, 2.05) is 12.1 Å². The van der Waals surface area contributed by atoms with E-state index < -0.39 is 5.41 Å². The lowest BCUT2D eigenvalue weighted by atomic mass is 9.68. The third-order valence-electron chi connectivity index (χ3n) is 9.80. The number of nitrogens with zero attached hydrogens (tertiary/aromatic N) is 6. The summed E-state index contributed by atoms with van der Waals surface area (Å²) < 4.78 is 12.7. The maximum Gasteiger partial charge on any atom is 0.219 e. The molecule has 3 aromatic rings. The Balaban J connectivity index is 1.31. The fourth-order valence-electron chi connectivity index (χ4n) is 7.75. The quantitative estimate of drug-likeness (QED) is 0.449. The number of β-amino-alcohol motifs (C(OH)–C–C–N with tert-alkyl or cyclic N) is 1. The molecule has 2 aliphatic carbocycles. The number of rotatable bonds is 5. The number of aliphatic hydroxyl groups is 1. The number of ether oxygens (including phenoxy) is 1. The maximum absolute atomic E-state index is 10.2. The second-order valence-electron chi connectivity index (χ2n) is 12.2. The van der Waals surface area contributed by atoms with Crippen LogP contribution in [0.3, 0.4) is 0 Å². The van der Waals surface area contributed by atoms with E-state index in [9.17, 15) is 10.4 Å². The molecule has 0 unspecified atom stereocenters. The summed E-state index contributed by atoms with van der Waals surface area (Å²) in [4.78, 5) is 14.3. The first-order valence-corrected chi connectivity index (χ1v) is 14.9. The Kier molecular flexibility index (Phi) is 6.40. The number of anilines is 2. The Morgan fingerprint density at radius 3 is 2.83 bits per heavy atom. The van der Waals surface area contributed by atoms with Gasteiger partial charge in [0.1, 0.15) is 18.0 Å². The molecule has 214 valence electrons. The van der Waals surface area contributed by atoms with Crippen LogP contribution in [-0.4, -0.2) is 70.1 Å². The van der Waals surface area contributed by atoms with Crippen LogP contribution in [-0.2, 0) is 18.3 Å². The van der Waals surface area contributed by atoms with Crippen molar-refractivity contribution in [2.75, 3.05) is 37.3 Å². The topological polar surface area (TPSA) is 138 Å². The molecule has 0 bridgehead atoms. The number of hydrogen-bond acceptors (Lipinski definition) is 10. The Morgan fingerprint density at radius 2 is 2.07 bits per heavy atom. The van der Waals surface area contributed by atoms with Gasteiger partial charge in [-0.2, -0.15) is 10.2 Å². The fourth-order valence-corrected chi connectivity index (χ4v) is 7.75. The van der Waals surface area contributed by atoms with Gasteiger partial charge in [0.05, 0.1) is 17.1 Å². The molecule has 0 radical (unpaired) electrons. The first-order valence-electron chi connectivity index (χ1n) is 14.9. The molecule has 2 aliphatic heterocycles. The molecule has 2 fully saturated rings. The standard InChI is InChI=1S/C31H37N7O3/c1-18(24-6-4-13-37(24)2)40-26-15-25(38-14-10-20(39)17-38)34-30(35-26)28-21-5-3-11-31(29(21)41-36-28)12-9-19-7-8-23(33)22(16-32)27(19)31/h7-8,15,18,20,24,39H,3-6,9-14,17,33H2,1-2H3/t18-,20+,24-,31-/m0/s1. The molecular formula is C31H37N7O3. The lowest BCUT2D eigenvalue weighted by Gasteiger charge is -2.33. The molecule has 10 nitrogen and oxygen atoms in total. The summed E-state index contributed by atoms with van der Waals surface area (Å²) in [6, 6.07) is 8.48. The Morgan fingerprint density at radius 1 is 1.20 bits per heavy atom. The van der Waals surface area contributed by atoms with Crippen LogP contribution in [0.5, 0.6) is 5.88 Å². The number of fused-ring (bicyclic) bond motifs is 4. The monoisotopic (exact) mass is 555 g/mol. The Hall–Kier alpha value is -3.68. The predicted molar refractivity (Wildman–Crippen MR) is 154 cm³/mol. The van der Waals surface area contributed by atoms with Gasteiger partial charge >= 0.3 is 0 Å². The van der Waals surface area contributed by atoms with Gasteiger partial charge in [0.2, 0.25) is 5.88 Å². The van der Waals surface area contributed by atoms with Gasteiger partial charge in [0, 0.05) is 36.4 Å². The summed E-state index contributed by atoms with van der Waals surface area (Å²) >= 11 is 0. The Labute approximate surface area is 240 Å². The number of benzene rings is 1. The second-order valence-corrected chi connectivity index (χ2v) is 12.2. The fraction of sp³-hybridized carbons (Fsp3) is 0.548. The molecule has 4 heterocycles. The molecule has 2 aromatic heterocycles. The first-order chi connectivity index (χ1) is 19.9. The summed E-state index contributed by atoms with van der Waals surface area (Å²) in [6.45, 7) is 4.41. The average Bonchev–Trinajstić information content (AvgIpc) is 3.76. The number of hydrogen-bond donors (Lipinski definition) is 2. The average molecular weight is 556 g/mol. The number of nitriles is 1. The summed E-state index contributed by atoms with van der Waals surface area (Å²) in [7, 11) is 2.14. The van der Waals surface area contributed by atoms with Gasteiger partial charge < -0.3 is 25.0 Å².